The Hall–Kier alpha value is -1.32. The zero-order valence-corrected chi connectivity index (χ0v) is 11.5. The van der Waals surface area contributed by atoms with E-state index in [0.29, 0.717) is 6.61 Å². The van der Waals surface area contributed by atoms with E-state index in [4.69, 9.17) is 4.74 Å². The van der Waals surface area contributed by atoms with E-state index in [9.17, 15) is 9.59 Å². The van der Waals surface area contributed by atoms with Gasteiger partial charge in [-0.15, -0.1) is 0 Å². The van der Waals surface area contributed by atoms with E-state index >= 15 is 0 Å². The van der Waals surface area contributed by atoms with Gasteiger partial charge in [0.15, 0.2) is 5.78 Å². The highest BCUT2D eigenvalue weighted by Crippen LogP contribution is 2.65. The number of carbonyl (C=O) groups excluding carboxylic acids is 2. The van der Waals surface area contributed by atoms with Gasteiger partial charge in [0, 0.05) is 17.2 Å². The maximum absolute atomic E-state index is 12.4. The van der Waals surface area contributed by atoms with Crippen LogP contribution >= 0.6 is 0 Å². The van der Waals surface area contributed by atoms with Crippen LogP contribution in [0.5, 0.6) is 0 Å². The number of rotatable bonds is 2. The number of amides is 1. The van der Waals surface area contributed by atoms with Crippen molar-refractivity contribution in [1.29, 1.82) is 0 Å². The Morgan fingerprint density at radius 3 is 2.67 bits per heavy atom. The number of fused-ring (bicyclic) bond motifs is 2. The van der Waals surface area contributed by atoms with Crippen LogP contribution in [-0.2, 0) is 9.53 Å². The summed E-state index contributed by atoms with van der Waals surface area (Å²) in [5.41, 5.74) is 0.452. The summed E-state index contributed by atoms with van der Waals surface area (Å²) in [5.74, 6) is 0.428. The van der Waals surface area contributed by atoms with Crippen molar-refractivity contribution in [2.45, 2.75) is 40.5 Å². The predicted molar refractivity (Wildman–Crippen MR) is 67.9 cm³/mol. The van der Waals surface area contributed by atoms with Gasteiger partial charge in [-0.05, 0) is 31.1 Å². The van der Waals surface area contributed by atoms with Crippen LogP contribution in [0, 0.1) is 16.7 Å². The van der Waals surface area contributed by atoms with Crippen LogP contribution in [0.1, 0.15) is 40.5 Å². The Morgan fingerprint density at radius 2 is 2.17 bits per heavy atom. The van der Waals surface area contributed by atoms with E-state index in [2.05, 4.69) is 19.2 Å². The summed E-state index contributed by atoms with van der Waals surface area (Å²) in [6.45, 7) is 8.41. The molecule has 18 heavy (non-hydrogen) atoms. The quantitative estimate of drug-likeness (QED) is 0.768. The Balaban J connectivity index is 2.20. The van der Waals surface area contributed by atoms with Crippen molar-refractivity contribution in [3.05, 3.63) is 11.8 Å². The fraction of sp³-hybridized carbons (Fsp3) is 0.714. The van der Waals surface area contributed by atoms with Gasteiger partial charge in [-0.1, -0.05) is 20.8 Å². The molecular weight excluding hydrogens is 230 g/mol. The van der Waals surface area contributed by atoms with Crippen LogP contribution in [0.25, 0.3) is 0 Å². The number of carbonyl (C=O) groups is 2. The van der Waals surface area contributed by atoms with Gasteiger partial charge >= 0.3 is 6.09 Å². The summed E-state index contributed by atoms with van der Waals surface area (Å²) in [6.07, 6.45) is 3.02. The lowest BCUT2D eigenvalue weighted by Crippen LogP contribution is -2.32. The molecule has 4 heteroatoms. The fourth-order valence-corrected chi connectivity index (χ4v) is 3.40. The molecule has 2 atom stereocenters. The van der Waals surface area contributed by atoms with Gasteiger partial charge in [-0.3, -0.25) is 10.1 Å². The van der Waals surface area contributed by atoms with Crippen LogP contribution in [0.4, 0.5) is 4.79 Å². The second kappa shape index (κ2) is 4.11. The zero-order chi connectivity index (χ0) is 13.6. The van der Waals surface area contributed by atoms with E-state index in [-0.39, 0.29) is 22.5 Å². The molecule has 2 aliphatic rings. The molecule has 2 saturated carbocycles. The maximum Gasteiger partial charge on any atom is 0.411 e. The lowest BCUT2D eigenvalue weighted by Gasteiger charge is -2.31. The van der Waals surface area contributed by atoms with Gasteiger partial charge in [0.05, 0.1) is 6.61 Å². The number of ether oxygens (including phenoxy) is 1. The monoisotopic (exact) mass is 251 g/mol. The minimum Gasteiger partial charge on any atom is -0.450 e. The van der Waals surface area contributed by atoms with E-state index in [1.54, 1.807) is 13.1 Å². The summed E-state index contributed by atoms with van der Waals surface area (Å²) < 4.78 is 4.79. The first-order valence-electron chi connectivity index (χ1n) is 6.52. The molecule has 0 saturated heterocycles. The van der Waals surface area contributed by atoms with Crippen molar-refractivity contribution in [2.75, 3.05) is 6.61 Å². The summed E-state index contributed by atoms with van der Waals surface area (Å²) in [4.78, 5) is 23.7. The average molecular weight is 251 g/mol. The third kappa shape index (κ3) is 1.58. The highest BCUT2D eigenvalue weighted by molar-refractivity contribution is 6.04. The Morgan fingerprint density at radius 1 is 1.50 bits per heavy atom. The van der Waals surface area contributed by atoms with Gasteiger partial charge in [0.2, 0.25) is 0 Å². The van der Waals surface area contributed by atoms with E-state index < -0.39 is 6.09 Å². The Kier molecular flexibility index (Phi) is 2.99. The molecule has 0 aromatic rings. The van der Waals surface area contributed by atoms with Gasteiger partial charge in [-0.25, -0.2) is 4.79 Å². The Labute approximate surface area is 108 Å². The first kappa shape index (κ1) is 13.1. The SMILES string of the molecule is CCOC(=O)N/C=C1\C(=O)[C@@]2(C)CC[C@H]1C2(C)C. The van der Waals surface area contributed by atoms with Crippen molar-refractivity contribution in [2.24, 2.45) is 16.7 Å². The minimum absolute atomic E-state index is 0.0216. The third-order valence-electron chi connectivity index (χ3n) is 4.99. The number of nitrogens with one attached hydrogen (secondary N) is 1. The molecule has 4 nitrogen and oxygen atoms in total. The van der Waals surface area contributed by atoms with Gasteiger partial charge in [0.25, 0.3) is 0 Å². The first-order chi connectivity index (χ1) is 8.34. The maximum atomic E-state index is 12.4. The smallest absolute Gasteiger partial charge is 0.411 e. The molecule has 0 aromatic heterocycles. The lowest BCUT2D eigenvalue weighted by molar-refractivity contribution is -0.125. The molecule has 0 radical (unpaired) electrons. The van der Waals surface area contributed by atoms with Crippen LogP contribution in [0.3, 0.4) is 0 Å². The molecule has 0 unspecified atom stereocenters. The van der Waals surface area contributed by atoms with E-state index in [1.165, 1.54) is 0 Å². The van der Waals surface area contributed by atoms with Crippen molar-refractivity contribution < 1.29 is 14.3 Å². The number of Topliss-reactive ketones (excluding diaryl/α,β-unsaturated/α-hetero) is 1. The van der Waals surface area contributed by atoms with Gasteiger partial charge < -0.3 is 4.74 Å². The molecule has 2 rings (SSSR count). The largest absolute Gasteiger partial charge is 0.450 e. The van der Waals surface area contributed by atoms with E-state index in [1.807, 2.05) is 6.92 Å². The van der Waals surface area contributed by atoms with Crippen LogP contribution in [-0.4, -0.2) is 18.5 Å². The van der Waals surface area contributed by atoms with Crippen molar-refractivity contribution in [3.63, 3.8) is 0 Å². The van der Waals surface area contributed by atoms with Crippen molar-refractivity contribution >= 4 is 11.9 Å². The summed E-state index contributed by atoms with van der Waals surface area (Å²) in [5, 5.41) is 2.55. The van der Waals surface area contributed by atoms with Crippen molar-refractivity contribution in [1.82, 2.24) is 5.32 Å². The number of hydrogen-bond acceptors (Lipinski definition) is 3. The summed E-state index contributed by atoms with van der Waals surface area (Å²) in [6, 6.07) is 0. The number of allylic oxidation sites excluding steroid dienone is 1. The molecule has 2 bridgehead atoms. The Bertz CT molecular complexity index is 425. The van der Waals surface area contributed by atoms with Gasteiger partial charge in [-0.2, -0.15) is 0 Å². The van der Waals surface area contributed by atoms with Gasteiger partial charge in [0.1, 0.15) is 0 Å². The van der Waals surface area contributed by atoms with Crippen molar-refractivity contribution in [3.8, 4) is 0 Å². The molecule has 0 heterocycles. The zero-order valence-electron chi connectivity index (χ0n) is 11.5. The standard InChI is InChI=1S/C14H21NO3/c1-5-18-12(17)15-8-9-10-6-7-14(4,11(9)16)13(10,2)3/h8,10H,5-7H2,1-4H3,(H,15,17)/b9-8-/t10-,14-/m1/s1. The highest BCUT2D eigenvalue weighted by atomic mass is 16.5. The number of alkyl carbamates (subject to hydrolysis) is 1. The minimum atomic E-state index is -0.497. The molecule has 1 amide bonds. The number of hydrogen-bond donors (Lipinski definition) is 1. The third-order valence-corrected chi connectivity index (χ3v) is 4.99. The fourth-order valence-electron chi connectivity index (χ4n) is 3.40. The molecule has 0 aliphatic heterocycles. The normalized spacial score (nSPS) is 35.0. The van der Waals surface area contributed by atoms with Crippen LogP contribution in [0.15, 0.2) is 11.8 Å². The molecule has 2 aliphatic carbocycles. The second-order valence-electron chi connectivity index (χ2n) is 5.94. The van der Waals surface area contributed by atoms with E-state index in [0.717, 1.165) is 18.4 Å². The molecular formula is C14H21NO3. The second-order valence-corrected chi connectivity index (χ2v) is 5.94. The molecule has 0 aromatic carbocycles. The van der Waals surface area contributed by atoms with Crippen LogP contribution in [0.2, 0.25) is 0 Å². The number of ketones is 1. The predicted octanol–water partition coefficient (Wildman–Crippen LogP) is 2.64. The molecule has 1 N–H and O–H groups in total. The molecule has 100 valence electrons. The summed E-state index contributed by atoms with van der Waals surface area (Å²) >= 11 is 0. The molecule has 2 fully saturated rings. The summed E-state index contributed by atoms with van der Waals surface area (Å²) in [7, 11) is 0. The highest BCUT2D eigenvalue weighted by Gasteiger charge is 2.63. The molecule has 0 spiro atoms. The van der Waals surface area contributed by atoms with Crippen LogP contribution < -0.4 is 5.32 Å². The lowest BCUT2D eigenvalue weighted by atomic mass is 9.70. The average Bonchev–Trinajstić information content (AvgIpc) is 2.60. The first-order valence-corrected chi connectivity index (χ1v) is 6.52. The topological polar surface area (TPSA) is 55.4 Å².